The van der Waals surface area contributed by atoms with Crippen molar-refractivity contribution in [1.29, 1.82) is 0 Å². The van der Waals surface area contributed by atoms with Crippen LogP contribution in [0.1, 0.15) is 18.2 Å². The molecule has 26 heavy (non-hydrogen) atoms. The molecule has 1 aliphatic heterocycles. The number of pyridine rings is 1. The van der Waals surface area contributed by atoms with Gasteiger partial charge in [-0.25, -0.2) is 9.78 Å². The van der Waals surface area contributed by atoms with Gasteiger partial charge in [-0.1, -0.05) is 36.4 Å². The van der Waals surface area contributed by atoms with E-state index in [1.54, 1.807) is 43.5 Å². The van der Waals surface area contributed by atoms with Gasteiger partial charge in [0.2, 0.25) is 0 Å². The average molecular weight is 348 g/mol. The van der Waals surface area contributed by atoms with Gasteiger partial charge in [-0.2, -0.15) is 0 Å². The number of imide groups is 1. The number of nitrogens with zero attached hydrogens (tertiary/aromatic N) is 3. The molecule has 7 nitrogen and oxygen atoms in total. The largest absolute Gasteiger partial charge is 0.325 e. The molecule has 3 heterocycles. The first-order chi connectivity index (χ1) is 12.5. The quantitative estimate of drug-likeness (QED) is 0.730. The maximum Gasteiger partial charge on any atom is 0.325 e. The topological polar surface area (TPSA) is 83.8 Å². The minimum atomic E-state index is -1.13. The summed E-state index contributed by atoms with van der Waals surface area (Å²) in [5, 5.41) is 2.74. The van der Waals surface area contributed by atoms with E-state index in [1.165, 1.54) is 10.5 Å². The zero-order valence-electron chi connectivity index (χ0n) is 14.0. The van der Waals surface area contributed by atoms with E-state index < -0.39 is 11.6 Å². The van der Waals surface area contributed by atoms with Crippen LogP contribution in [0, 0.1) is 0 Å². The number of urea groups is 1. The summed E-state index contributed by atoms with van der Waals surface area (Å²) in [5.41, 5.74) is 0.135. The lowest BCUT2D eigenvalue weighted by Crippen LogP contribution is -2.40. The fraction of sp³-hybridized carbons (Fsp3) is 0.158. The lowest BCUT2D eigenvalue weighted by Gasteiger charge is -2.22. The van der Waals surface area contributed by atoms with Gasteiger partial charge in [-0.05, 0) is 24.6 Å². The Kier molecular flexibility index (Phi) is 3.57. The van der Waals surface area contributed by atoms with Gasteiger partial charge in [0, 0.05) is 12.3 Å². The molecule has 0 radical (unpaired) electrons. The van der Waals surface area contributed by atoms with Crippen LogP contribution in [0.15, 0.2) is 65.6 Å². The van der Waals surface area contributed by atoms with Crippen LogP contribution in [0.2, 0.25) is 0 Å². The third-order valence-electron chi connectivity index (χ3n) is 4.57. The predicted molar refractivity (Wildman–Crippen MR) is 94.3 cm³/mol. The Balaban J connectivity index is 1.68. The van der Waals surface area contributed by atoms with E-state index in [1.807, 2.05) is 18.2 Å². The SMILES string of the molecule is CC1(c2ccccc2)NC(=O)N(Cc2cc(=O)n3ccccc3n2)C1=O. The molecule has 0 saturated carbocycles. The summed E-state index contributed by atoms with van der Waals surface area (Å²) < 4.78 is 1.41. The van der Waals surface area contributed by atoms with Crippen LogP contribution < -0.4 is 10.9 Å². The van der Waals surface area contributed by atoms with Crippen molar-refractivity contribution >= 4 is 17.6 Å². The molecule has 1 fully saturated rings. The van der Waals surface area contributed by atoms with Crippen molar-refractivity contribution < 1.29 is 9.59 Å². The van der Waals surface area contributed by atoms with Gasteiger partial charge in [-0.3, -0.25) is 18.9 Å². The lowest BCUT2D eigenvalue weighted by atomic mass is 9.92. The van der Waals surface area contributed by atoms with E-state index >= 15 is 0 Å². The van der Waals surface area contributed by atoms with Crippen molar-refractivity contribution in [3.8, 4) is 0 Å². The molecule has 1 N–H and O–H groups in total. The zero-order valence-corrected chi connectivity index (χ0v) is 14.0. The summed E-state index contributed by atoms with van der Waals surface area (Å²) in [7, 11) is 0. The van der Waals surface area contributed by atoms with Crippen LogP contribution >= 0.6 is 0 Å². The van der Waals surface area contributed by atoms with Gasteiger partial charge in [0.25, 0.3) is 11.5 Å². The molecule has 1 saturated heterocycles. The zero-order chi connectivity index (χ0) is 18.3. The molecule has 0 spiro atoms. The number of fused-ring (bicyclic) bond motifs is 1. The highest BCUT2D eigenvalue weighted by Crippen LogP contribution is 2.29. The number of hydrogen-bond donors (Lipinski definition) is 1. The number of carbonyl (C=O) groups excluding carboxylic acids is 2. The van der Waals surface area contributed by atoms with Crippen molar-refractivity contribution in [3.63, 3.8) is 0 Å². The summed E-state index contributed by atoms with van der Waals surface area (Å²) in [6.45, 7) is 1.61. The van der Waals surface area contributed by atoms with Gasteiger partial charge in [0.15, 0.2) is 0 Å². The Bertz CT molecular complexity index is 1080. The summed E-state index contributed by atoms with van der Waals surface area (Å²) in [5.74, 6) is -0.372. The average Bonchev–Trinajstić information content (AvgIpc) is 2.87. The molecule has 0 aliphatic carbocycles. The fourth-order valence-corrected chi connectivity index (χ4v) is 3.15. The van der Waals surface area contributed by atoms with E-state index in [9.17, 15) is 14.4 Å². The highest BCUT2D eigenvalue weighted by Gasteiger charge is 2.48. The van der Waals surface area contributed by atoms with E-state index in [0.717, 1.165) is 4.90 Å². The molecule has 1 unspecified atom stereocenters. The fourth-order valence-electron chi connectivity index (χ4n) is 3.15. The van der Waals surface area contributed by atoms with Crippen molar-refractivity contribution in [2.45, 2.75) is 19.0 Å². The second kappa shape index (κ2) is 5.80. The van der Waals surface area contributed by atoms with Crippen LogP contribution in [0.4, 0.5) is 4.79 Å². The minimum absolute atomic E-state index is 0.0618. The number of carbonyl (C=O) groups is 2. The first-order valence-electron chi connectivity index (χ1n) is 8.16. The summed E-state index contributed by atoms with van der Waals surface area (Å²) in [6, 6.07) is 15.1. The predicted octanol–water partition coefficient (Wildman–Crippen LogP) is 1.66. The number of amides is 3. The monoisotopic (exact) mass is 348 g/mol. The summed E-state index contributed by atoms with van der Waals surface area (Å²) in [4.78, 5) is 43.0. The van der Waals surface area contributed by atoms with E-state index in [-0.39, 0.29) is 18.0 Å². The molecule has 1 atom stereocenters. The highest BCUT2D eigenvalue weighted by molar-refractivity contribution is 6.07. The number of benzene rings is 1. The molecular weight excluding hydrogens is 332 g/mol. The van der Waals surface area contributed by atoms with Crippen molar-refractivity contribution in [3.05, 3.63) is 82.4 Å². The number of nitrogens with one attached hydrogen (secondary N) is 1. The maximum absolute atomic E-state index is 12.9. The number of rotatable bonds is 3. The van der Waals surface area contributed by atoms with Crippen molar-refractivity contribution in [2.75, 3.05) is 0 Å². The smallest absolute Gasteiger partial charge is 0.319 e. The minimum Gasteiger partial charge on any atom is -0.319 e. The van der Waals surface area contributed by atoms with Gasteiger partial charge in [0.05, 0.1) is 12.2 Å². The Morgan fingerprint density at radius 1 is 1.04 bits per heavy atom. The molecule has 1 aromatic carbocycles. The second-order valence-corrected chi connectivity index (χ2v) is 6.33. The van der Waals surface area contributed by atoms with Crippen LogP contribution in [-0.2, 0) is 16.9 Å². The van der Waals surface area contributed by atoms with Gasteiger partial charge < -0.3 is 5.32 Å². The van der Waals surface area contributed by atoms with Crippen molar-refractivity contribution in [2.24, 2.45) is 0 Å². The molecule has 1 aliphatic rings. The normalized spacial score (nSPS) is 19.8. The van der Waals surface area contributed by atoms with Gasteiger partial charge >= 0.3 is 6.03 Å². The Morgan fingerprint density at radius 3 is 2.54 bits per heavy atom. The molecule has 3 aromatic rings. The van der Waals surface area contributed by atoms with Gasteiger partial charge in [-0.15, -0.1) is 0 Å². The second-order valence-electron chi connectivity index (χ2n) is 6.33. The lowest BCUT2D eigenvalue weighted by molar-refractivity contribution is -0.131. The standard InChI is InChI=1S/C19H16N4O3/c1-19(13-7-3-2-4-8-13)17(25)23(18(26)21-19)12-14-11-16(24)22-10-6-5-9-15(22)20-14/h2-11H,12H2,1H3,(H,21,26). The summed E-state index contributed by atoms with van der Waals surface area (Å²) >= 11 is 0. The summed E-state index contributed by atoms with van der Waals surface area (Å²) in [6.07, 6.45) is 1.62. The number of hydrogen-bond acceptors (Lipinski definition) is 4. The first-order valence-corrected chi connectivity index (χ1v) is 8.16. The van der Waals surface area contributed by atoms with Crippen LogP contribution in [0.5, 0.6) is 0 Å². The molecule has 130 valence electrons. The van der Waals surface area contributed by atoms with Crippen LogP contribution in [-0.4, -0.2) is 26.2 Å². The molecule has 7 heteroatoms. The van der Waals surface area contributed by atoms with E-state index in [4.69, 9.17) is 0 Å². The van der Waals surface area contributed by atoms with Crippen molar-refractivity contribution in [1.82, 2.24) is 19.6 Å². The third kappa shape index (κ3) is 2.45. The van der Waals surface area contributed by atoms with Crippen LogP contribution in [0.25, 0.3) is 5.65 Å². The third-order valence-corrected chi connectivity index (χ3v) is 4.57. The Morgan fingerprint density at radius 2 is 1.77 bits per heavy atom. The maximum atomic E-state index is 12.9. The molecule has 4 rings (SSSR count). The van der Waals surface area contributed by atoms with E-state index in [2.05, 4.69) is 10.3 Å². The molecule has 0 bridgehead atoms. The van der Waals surface area contributed by atoms with E-state index in [0.29, 0.717) is 16.9 Å². The Labute approximate surface area is 148 Å². The Hall–Kier alpha value is -3.48. The molecular formula is C19H16N4O3. The highest BCUT2D eigenvalue weighted by atomic mass is 16.2. The number of aromatic nitrogens is 2. The molecule has 2 aromatic heterocycles. The first kappa shape index (κ1) is 16.0. The molecule has 3 amide bonds. The van der Waals surface area contributed by atoms with Crippen LogP contribution in [0.3, 0.4) is 0 Å². The van der Waals surface area contributed by atoms with Gasteiger partial charge in [0.1, 0.15) is 11.2 Å².